The molecule has 0 saturated carbocycles. The van der Waals surface area contributed by atoms with Crippen molar-refractivity contribution >= 4 is 23.1 Å². The van der Waals surface area contributed by atoms with Gasteiger partial charge in [-0.15, -0.1) is 0 Å². The van der Waals surface area contributed by atoms with Crippen molar-refractivity contribution in [2.24, 2.45) is 0 Å². The fourth-order valence-electron chi connectivity index (χ4n) is 14.6. The number of aryl methyl sites for hydroxylation is 4. The van der Waals surface area contributed by atoms with Crippen LogP contribution in [0.15, 0.2) is 328 Å². The maximum atomic E-state index is 15.0. The highest BCUT2D eigenvalue weighted by Gasteiger charge is 2.74. The molecule has 11 nitrogen and oxygen atoms in total. The number of alkyl halides is 12. The van der Waals surface area contributed by atoms with E-state index in [1.54, 1.807) is 91.9 Å². The number of aromatic hydroxyl groups is 1. The largest absolute Gasteiger partial charge is 0.508 e. The van der Waals surface area contributed by atoms with E-state index in [1.807, 2.05) is 69.3 Å². The lowest BCUT2D eigenvalue weighted by Crippen LogP contribution is -2.54. The monoisotopic (exact) mass is 1720 g/mol. The lowest BCUT2D eigenvalue weighted by atomic mass is 9.73. The number of halogens is 12. The minimum Gasteiger partial charge on any atom is -0.508 e. The first-order valence-electron chi connectivity index (χ1n) is 39.6. The second kappa shape index (κ2) is 36.6. The Morgan fingerprint density at radius 3 is 0.762 bits per heavy atom. The van der Waals surface area contributed by atoms with Gasteiger partial charge < -0.3 is 33.5 Å². The van der Waals surface area contributed by atoms with E-state index < -0.39 is 57.8 Å². The van der Waals surface area contributed by atoms with Crippen LogP contribution >= 0.6 is 0 Å². The summed E-state index contributed by atoms with van der Waals surface area (Å²) in [6.45, 7) is 8.22. The highest BCUT2D eigenvalue weighted by molar-refractivity contribution is 6.11. The highest BCUT2D eigenvalue weighted by atomic mass is 19.4. The van der Waals surface area contributed by atoms with Crippen LogP contribution in [0.2, 0.25) is 0 Å². The third kappa shape index (κ3) is 19.2. The number of phenolic OH excluding ortho intramolecular Hbond substituents is 1. The first-order chi connectivity index (χ1) is 60.1. The smallest absolute Gasteiger partial charge is 0.411 e. The molecule has 126 heavy (non-hydrogen) atoms. The fourth-order valence-corrected chi connectivity index (χ4v) is 14.6. The van der Waals surface area contributed by atoms with Gasteiger partial charge in [0.25, 0.3) is 0 Å². The molecule has 0 aromatic heterocycles. The summed E-state index contributed by atoms with van der Waals surface area (Å²) in [6.07, 6.45) is -20.7. The Bertz CT molecular complexity index is 6160. The summed E-state index contributed by atoms with van der Waals surface area (Å²) in [6, 6.07) is 77.1. The number of hydrogen-bond acceptors (Lipinski definition) is 11. The second-order valence-electron chi connectivity index (χ2n) is 30.2. The van der Waals surface area contributed by atoms with Crippen molar-refractivity contribution in [3.05, 3.63) is 417 Å². The van der Waals surface area contributed by atoms with E-state index in [0.29, 0.717) is 51.1 Å². The van der Waals surface area contributed by atoms with Crippen molar-refractivity contribution in [3.8, 4) is 79.7 Å². The highest BCUT2D eigenvalue weighted by Crippen LogP contribution is 2.59. The standard InChI is InChI=1S/C54H42F6O6.C49H34F6O5/c1-34-6-9-37(10-7-34)50(61)39-16-24-44(25-17-39)64-46-28-20-42(21-29-46)52(53(55,56)57,54(58,59)60)43-22-30-47(31-23-43)65-45-26-18-40(19-27-45)51(62)38-14-12-36(13-15-38)41-11-8-35(2)48(33-41)66-49-5-3-4-32-63-49;1-30-3-6-33(7-4-30)45(57)35-13-21-40(22-14-35)59-42-25-17-38(18-26-42)47(48(50,51)52,49(53,54)55)39-19-27-43(28-20-39)60-41-23-15-36(16-24-41)46(58)34-11-9-32(10-12-34)37-8-5-31(2)44(56)29-37/h6-31,33,49H,3-5,32H2,1-2H3;3-29,56H,1-2H3. The Morgan fingerprint density at radius 1 is 0.286 bits per heavy atom. The number of ketones is 4. The maximum absolute atomic E-state index is 15.0. The average molecular weight is 1720 g/mol. The van der Waals surface area contributed by atoms with Crippen molar-refractivity contribution in [2.45, 2.75) is 88.8 Å². The van der Waals surface area contributed by atoms with Crippen LogP contribution in [-0.2, 0) is 15.6 Å². The number of ether oxygens (including phenoxy) is 6. The summed E-state index contributed by atoms with van der Waals surface area (Å²) < 4.78 is 214. The van der Waals surface area contributed by atoms with Crippen molar-refractivity contribution in [1.29, 1.82) is 0 Å². The number of rotatable bonds is 24. The third-order valence-electron chi connectivity index (χ3n) is 21.6. The fraction of sp³-hybridized carbons (Fsp3) is 0.146. The van der Waals surface area contributed by atoms with E-state index in [-0.39, 0.29) is 81.2 Å². The van der Waals surface area contributed by atoms with Gasteiger partial charge in [0, 0.05) is 50.9 Å². The van der Waals surface area contributed by atoms with Crippen LogP contribution in [0.3, 0.4) is 0 Å². The molecule has 0 radical (unpaired) electrons. The first-order valence-corrected chi connectivity index (χ1v) is 39.6. The predicted molar refractivity (Wildman–Crippen MR) is 453 cm³/mol. The SMILES string of the molecule is Cc1ccc(C(=O)c2ccc(Oc3ccc(C(c4ccc(Oc5ccc(C(=O)c6ccc(-c7ccc(C)c(O)c7)cc6)cc5)cc4)(C(F)(F)F)C(F)(F)F)cc3)cc2)cc1.Cc1ccc(C(=O)c2ccc(Oc3ccc(C(c4ccc(Oc5ccc(C(=O)c6ccc(-c7ccc(C)c(OC8CCCCO8)c7)cc6)cc5)cc4)(C(F)(F)F)C(F)(F)F)cc3)cc2)cc1. The Kier molecular flexibility index (Phi) is 25.6. The van der Waals surface area contributed by atoms with E-state index in [1.165, 1.54) is 97.1 Å². The summed E-state index contributed by atoms with van der Waals surface area (Å²) in [5.41, 5.74) is -2.86. The molecule has 0 aliphatic carbocycles. The van der Waals surface area contributed by atoms with E-state index >= 15 is 0 Å². The maximum Gasteiger partial charge on any atom is 0.411 e. The Balaban J connectivity index is 0.000000205. The van der Waals surface area contributed by atoms with Crippen molar-refractivity contribution < 1.29 is 105 Å². The molecule has 14 aromatic rings. The van der Waals surface area contributed by atoms with E-state index in [4.69, 9.17) is 28.4 Å². The third-order valence-corrected chi connectivity index (χ3v) is 21.6. The van der Waals surface area contributed by atoms with Gasteiger partial charge in [-0.05, 0) is 254 Å². The minimum absolute atomic E-state index is 0.0207. The van der Waals surface area contributed by atoms with Crippen molar-refractivity contribution in [2.75, 3.05) is 6.61 Å². The molecule has 1 atom stereocenters. The van der Waals surface area contributed by atoms with Crippen LogP contribution in [0, 0.1) is 27.7 Å². The predicted octanol–water partition coefficient (Wildman–Crippen LogP) is 27.5. The van der Waals surface area contributed by atoms with Gasteiger partial charge in [-0.3, -0.25) is 19.2 Å². The molecule has 1 aliphatic rings. The molecular weight excluding hydrogens is 1640 g/mol. The van der Waals surface area contributed by atoms with E-state index in [9.17, 15) is 77.0 Å². The molecule has 1 N–H and O–H groups in total. The summed E-state index contributed by atoms with van der Waals surface area (Å²) in [4.78, 5) is 52.2. The molecule has 638 valence electrons. The van der Waals surface area contributed by atoms with E-state index in [2.05, 4.69) is 0 Å². The molecule has 14 aromatic carbocycles. The zero-order valence-corrected chi connectivity index (χ0v) is 67.6. The number of phenols is 1. The zero-order chi connectivity index (χ0) is 89.5. The van der Waals surface area contributed by atoms with Gasteiger partial charge in [0.2, 0.25) is 10.8 Å². The van der Waals surface area contributed by atoms with Crippen LogP contribution in [0.5, 0.6) is 57.5 Å². The number of carbonyl (C=O) groups excluding carboxylic acids is 4. The quantitative estimate of drug-likeness (QED) is 0.0456. The van der Waals surface area contributed by atoms with Crippen LogP contribution in [0.4, 0.5) is 52.7 Å². The minimum atomic E-state index is -5.82. The van der Waals surface area contributed by atoms with Gasteiger partial charge in [-0.2, -0.15) is 52.7 Å². The molecule has 1 saturated heterocycles. The molecule has 15 rings (SSSR count). The number of carbonyl (C=O) groups is 4. The van der Waals surface area contributed by atoms with Gasteiger partial charge in [0.05, 0.1) is 6.61 Å². The number of benzene rings is 14. The summed E-state index contributed by atoms with van der Waals surface area (Å²) in [7, 11) is 0. The molecule has 0 spiro atoms. The second-order valence-corrected chi connectivity index (χ2v) is 30.2. The lowest BCUT2D eigenvalue weighted by Gasteiger charge is -2.38. The van der Waals surface area contributed by atoms with Crippen LogP contribution in [-0.4, -0.2) is 65.8 Å². The Morgan fingerprint density at radius 2 is 0.516 bits per heavy atom. The summed E-state index contributed by atoms with van der Waals surface area (Å²) in [5.74, 6) is 0.578. The topological polar surface area (TPSA) is 144 Å². The van der Waals surface area contributed by atoms with Crippen LogP contribution in [0.25, 0.3) is 22.3 Å². The van der Waals surface area contributed by atoms with Gasteiger partial charge in [0.15, 0.2) is 29.4 Å². The molecule has 1 fully saturated rings. The zero-order valence-electron chi connectivity index (χ0n) is 67.6. The average Bonchev–Trinajstić information content (AvgIpc) is 0.719. The molecule has 1 unspecified atom stereocenters. The summed E-state index contributed by atoms with van der Waals surface area (Å²) in [5, 5.41) is 10.0. The Hall–Kier alpha value is -14.3. The molecule has 1 heterocycles. The Labute approximate surface area is 716 Å². The molecule has 1 aliphatic heterocycles. The van der Waals surface area contributed by atoms with Gasteiger partial charge in [-0.1, -0.05) is 181 Å². The van der Waals surface area contributed by atoms with Gasteiger partial charge in [0.1, 0.15) is 57.5 Å². The van der Waals surface area contributed by atoms with Crippen molar-refractivity contribution in [1.82, 2.24) is 0 Å². The van der Waals surface area contributed by atoms with Gasteiger partial charge >= 0.3 is 24.7 Å². The summed E-state index contributed by atoms with van der Waals surface area (Å²) >= 11 is 0. The van der Waals surface area contributed by atoms with E-state index in [0.717, 1.165) is 167 Å². The van der Waals surface area contributed by atoms with Crippen LogP contribution in [0.1, 0.15) is 127 Å². The first kappa shape index (κ1) is 88.0. The molecule has 0 bridgehead atoms. The van der Waals surface area contributed by atoms with Crippen LogP contribution < -0.4 is 23.7 Å². The van der Waals surface area contributed by atoms with Crippen molar-refractivity contribution in [3.63, 3.8) is 0 Å². The molecular formula is C103H76F12O11. The van der Waals surface area contributed by atoms with Gasteiger partial charge in [-0.25, -0.2) is 0 Å². The number of hydrogen-bond donors (Lipinski definition) is 1. The normalized spacial score (nSPS) is 13.2. The molecule has 23 heteroatoms. The lowest BCUT2D eigenvalue weighted by molar-refractivity contribution is -0.290. The molecule has 0 amide bonds.